The molecule has 0 unspecified atom stereocenters. The number of rotatable bonds is 1. The van der Waals surface area contributed by atoms with Gasteiger partial charge < -0.3 is 0 Å². The topological polar surface area (TPSA) is 68.3 Å². The molecule has 0 atom stereocenters. The second-order valence-corrected chi connectivity index (χ2v) is 7.94. The normalized spacial score (nSPS) is 15.1. The van der Waals surface area contributed by atoms with Crippen molar-refractivity contribution >= 4 is 34.8 Å². The van der Waals surface area contributed by atoms with E-state index in [1.807, 2.05) is 36.4 Å². The molecule has 0 aromatic heterocycles. The van der Waals surface area contributed by atoms with E-state index in [0.29, 0.717) is 27.8 Å². The first kappa shape index (κ1) is 20.5. The minimum absolute atomic E-state index is 0.0641. The number of Topliss-reactive ketones (excluding diaryl/α,β-unsaturated/α-hetero) is 2. The van der Waals surface area contributed by atoms with E-state index in [9.17, 15) is 19.2 Å². The SMILES string of the molecule is CC(=O)C1=CC=C2C(=Cc3ccccc32)C1=O.O=C1c2ccccc2C(=O)c2ccccc21. The van der Waals surface area contributed by atoms with Crippen molar-refractivity contribution in [3.8, 4) is 0 Å². The lowest BCUT2D eigenvalue weighted by Crippen LogP contribution is -2.20. The number of ketones is 4. The van der Waals surface area contributed by atoms with Crippen LogP contribution in [-0.4, -0.2) is 23.1 Å². The van der Waals surface area contributed by atoms with Crippen molar-refractivity contribution in [3.05, 3.63) is 129 Å². The third-order valence-corrected chi connectivity index (χ3v) is 5.96. The first-order valence-corrected chi connectivity index (χ1v) is 10.5. The van der Waals surface area contributed by atoms with E-state index in [4.69, 9.17) is 0 Å². The molecular formula is C29H18O4. The van der Waals surface area contributed by atoms with Crippen molar-refractivity contribution in [1.82, 2.24) is 0 Å². The molecule has 0 saturated heterocycles. The van der Waals surface area contributed by atoms with Crippen molar-refractivity contribution in [2.24, 2.45) is 0 Å². The van der Waals surface area contributed by atoms with Gasteiger partial charge in [0.15, 0.2) is 23.1 Å². The van der Waals surface area contributed by atoms with Crippen LogP contribution in [0, 0.1) is 0 Å². The zero-order valence-corrected chi connectivity index (χ0v) is 17.8. The number of hydrogen-bond donors (Lipinski definition) is 0. The number of benzene rings is 3. The van der Waals surface area contributed by atoms with E-state index in [2.05, 4.69) is 0 Å². The molecule has 3 aromatic carbocycles. The maximum absolute atomic E-state index is 12.1. The van der Waals surface area contributed by atoms with Crippen LogP contribution in [-0.2, 0) is 9.59 Å². The molecule has 0 saturated carbocycles. The molecule has 0 N–H and O–H groups in total. The molecule has 0 radical (unpaired) electrons. The first-order valence-electron chi connectivity index (χ1n) is 10.5. The van der Waals surface area contributed by atoms with Crippen LogP contribution in [0.5, 0.6) is 0 Å². The van der Waals surface area contributed by atoms with Gasteiger partial charge in [-0.2, -0.15) is 0 Å². The highest BCUT2D eigenvalue weighted by atomic mass is 16.2. The van der Waals surface area contributed by atoms with Gasteiger partial charge in [-0.3, -0.25) is 19.2 Å². The molecule has 6 rings (SSSR count). The summed E-state index contributed by atoms with van der Waals surface area (Å²) in [6.07, 6.45) is 5.34. The Labute approximate surface area is 190 Å². The molecule has 0 fully saturated rings. The summed E-state index contributed by atoms with van der Waals surface area (Å²) in [6, 6.07) is 21.8. The molecule has 33 heavy (non-hydrogen) atoms. The van der Waals surface area contributed by atoms with Crippen molar-refractivity contribution in [2.75, 3.05) is 0 Å². The fraction of sp³-hybridized carbons (Fsp3) is 0.0345. The Hall–Kier alpha value is -4.44. The molecule has 4 nitrogen and oxygen atoms in total. The third-order valence-electron chi connectivity index (χ3n) is 5.96. The van der Waals surface area contributed by atoms with E-state index in [0.717, 1.165) is 16.7 Å². The van der Waals surface area contributed by atoms with Gasteiger partial charge in [0.05, 0.1) is 5.57 Å². The van der Waals surface area contributed by atoms with E-state index < -0.39 is 0 Å². The minimum Gasteiger partial charge on any atom is -0.294 e. The lowest BCUT2D eigenvalue weighted by Gasteiger charge is -2.16. The van der Waals surface area contributed by atoms with E-state index in [-0.39, 0.29) is 28.7 Å². The Morgan fingerprint density at radius 1 is 0.545 bits per heavy atom. The van der Waals surface area contributed by atoms with Crippen LogP contribution in [0.2, 0.25) is 0 Å². The molecule has 0 amide bonds. The van der Waals surface area contributed by atoms with E-state index in [1.165, 1.54) is 6.92 Å². The number of allylic oxidation sites excluding steroid dienone is 5. The van der Waals surface area contributed by atoms with Crippen molar-refractivity contribution in [3.63, 3.8) is 0 Å². The average Bonchev–Trinajstić information content (AvgIpc) is 3.23. The lowest BCUT2D eigenvalue weighted by molar-refractivity contribution is -0.118. The van der Waals surface area contributed by atoms with Gasteiger partial charge in [0, 0.05) is 27.8 Å². The summed E-state index contributed by atoms with van der Waals surface area (Å²) in [4.78, 5) is 47.6. The molecule has 0 bridgehead atoms. The van der Waals surface area contributed by atoms with Crippen LogP contribution >= 0.6 is 0 Å². The number of carbonyl (C=O) groups is 4. The number of carbonyl (C=O) groups excluding carboxylic acids is 4. The summed E-state index contributed by atoms with van der Waals surface area (Å²) in [7, 11) is 0. The summed E-state index contributed by atoms with van der Waals surface area (Å²) in [5, 5.41) is 0. The van der Waals surface area contributed by atoms with Gasteiger partial charge in [-0.25, -0.2) is 0 Å². The predicted molar refractivity (Wildman–Crippen MR) is 126 cm³/mol. The highest BCUT2D eigenvalue weighted by Crippen LogP contribution is 2.39. The van der Waals surface area contributed by atoms with E-state index in [1.54, 1.807) is 54.6 Å². The molecular weight excluding hydrogens is 412 g/mol. The van der Waals surface area contributed by atoms with Crippen LogP contribution in [0.1, 0.15) is 49.9 Å². The zero-order chi connectivity index (χ0) is 23.1. The molecule has 158 valence electrons. The molecule has 3 aliphatic rings. The Morgan fingerprint density at radius 3 is 1.48 bits per heavy atom. The maximum Gasteiger partial charge on any atom is 0.197 e. The monoisotopic (exact) mass is 430 g/mol. The van der Waals surface area contributed by atoms with Crippen LogP contribution in [0.3, 0.4) is 0 Å². The van der Waals surface area contributed by atoms with Crippen molar-refractivity contribution in [2.45, 2.75) is 6.92 Å². The summed E-state index contributed by atoms with van der Waals surface area (Å²) >= 11 is 0. The second kappa shape index (κ2) is 7.92. The smallest absolute Gasteiger partial charge is 0.197 e. The van der Waals surface area contributed by atoms with E-state index >= 15 is 0 Å². The van der Waals surface area contributed by atoms with Crippen molar-refractivity contribution in [1.29, 1.82) is 0 Å². The largest absolute Gasteiger partial charge is 0.294 e. The second-order valence-electron chi connectivity index (χ2n) is 7.94. The molecule has 0 heterocycles. The van der Waals surface area contributed by atoms with Crippen LogP contribution in [0.4, 0.5) is 0 Å². The standard InChI is InChI=1S/C15H10O2.C14H8O2/c1-9(16)11-6-7-13-12-5-3-2-4-10(12)8-14(13)15(11)17;15-13-9-5-1-2-6-10(9)14(16)12-8-4-3-7-11(12)13/h2-8H,1H3;1-8H. The Bertz CT molecular complexity index is 1380. The van der Waals surface area contributed by atoms with Gasteiger partial charge in [-0.15, -0.1) is 0 Å². The van der Waals surface area contributed by atoms with Gasteiger partial charge >= 0.3 is 0 Å². The fourth-order valence-electron chi connectivity index (χ4n) is 4.33. The van der Waals surface area contributed by atoms with Crippen molar-refractivity contribution < 1.29 is 19.2 Å². The predicted octanol–water partition coefficient (Wildman–Crippen LogP) is 5.03. The molecule has 4 heteroatoms. The maximum atomic E-state index is 12.1. The Kier molecular flexibility index (Phi) is 4.91. The Morgan fingerprint density at radius 2 is 1.00 bits per heavy atom. The van der Waals surface area contributed by atoms with Gasteiger partial charge in [-0.1, -0.05) is 78.9 Å². The fourth-order valence-corrected chi connectivity index (χ4v) is 4.33. The quantitative estimate of drug-likeness (QED) is 0.397. The molecule has 3 aromatic rings. The summed E-state index contributed by atoms with van der Waals surface area (Å²) in [6.45, 7) is 1.42. The zero-order valence-electron chi connectivity index (χ0n) is 17.8. The minimum atomic E-state index is -0.179. The van der Waals surface area contributed by atoms with Gasteiger partial charge in [0.2, 0.25) is 0 Å². The van der Waals surface area contributed by atoms with Gasteiger partial charge in [-0.05, 0) is 35.8 Å². The Balaban J connectivity index is 0.000000139. The highest BCUT2D eigenvalue weighted by Gasteiger charge is 2.30. The first-order chi connectivity index (χ1) is 16.0. The van der Waals surface area contributed by atoms with Gasteiger partial charge in [0.25, 0.3) is 0 Å². The molecule has 0 spiro atoms. The van der Waals surface area contributed by atoms with Gasteiger partial charge in [0.1, 0.15) is 0 Å². The van der Waals surface area contributed by atoms with Crippen LogP contribution in [0.15, 0.2) is 96.1 Å². The average molecular weight is 430 g/mol. The third kappa shape index (κ3) is 3.33. The van der Waals surface area contributed by atoms with Crippen LogP contribution < -0.4 is 0 Å². The highest BCUT2D eigenvalue weighted by molar-refractivity contribution is 6.34. The van der Waals surface area contributed by atoms with Crippen LogP contribution in [0.25, 0.3) is 11.6 Å². The number of hydrogen-bond acceptors (Lipinski definition) is 4. The molecule has 3 aliphatic carbocycles. The lowest BCUT2D eigenvalue weighted by atomic mass is 9.84. The molecule has 0 aliphatic heterocycles. The number of fused-ring (bicyclic) bond motifs is 5. The summed E-state index contributed by atoms with van der Waals surface area (Å²) < 4.78 is 0. The summed E-state index contributed by atoms with van der Waals surface area (Å²) in [5.74, 6) is -0.468. The summed E-state index contributed by atoms with van der Waals surface area (Å²) in [5.41, 5.74) is 5.96.